The number of hydrogen-bond acceptors (Lipinski definition) is 3. The van der Waals surface area contributed by atoms with Gasteiger partial charge in [0.25, 0.3) is 0 Å². The Morgan fingerprint density at radius 3 is 1.85 bits per heavy atom. The molecule has 194 valence electrons. The molecular formula is C36H28N2O2. The summed E-state index contributed by atoms with van der Waals surface area (Å²) in [5.41, 5.74) is 6.76. The van der Waals surface area contributed by atoms with Crippen molar-refractivity contribution in [1.82, 2.24) is 9.55 Å². The first-order chi connectivity index (χ1) is 19.7. The average molecular weight is 521 g/mol. The zero-order chi connectivity index (χ0) is 27.1. The van der Waals surface area contributed by atoms with Gasteiger partial charge in [0, 0.05) is 23.2 Å². The third-order valence-electron chi connectivity index (χ3n) is 7.66. The fourth-order valence-corrected chi connectivity index (χ4v) is 5.51. The summed E-state index contributed by atoms with van der Waals surface area (Å²) >= 11 is 0. The lowest BCUT2D eigenvalue weighted by molar-refractivity contribution is 0.415. The summed E-state index contributed by atoms with van der Waals surface area (Å²) in [6, 6.07) is 40.6. The van der Waals surface area contributed by atoms with E-state index in [1.54, 1.807) is 14.2 Å². The standard InChI is InChI=1S/C36H28N2O2/c1-39-32-14-12-25-16-29(10-8-27(25)18-32)34-20-31-21-35(30-11-9-28-19-33(40-2)15-13-26(28)17-30)38(36(31)22-37-34)23-24-6-4-3-5-7-24/h3-22H,23H2,1-2H3. The minimum atomic E-state index is 0.763. The number of hydrogen-bond donors (Lipinski definition) is 0. The highest BCUT2D eigenvalue weighted by atomic mass is 16.5. The number of nitrogens with zero attached hydrogens (tertiary/aromatic N) is 2. The molecular weight excluding hydrogens is 492 g/mol. The highest BCUT2D eigenvalue weighted by Gasteiger charge is 2.14. The van der Waals surface area contributed by atoms with Gasteiger partial charge in [-0.2, -0.15) is 0 Å². The fourth-order valence-electron chi connectivity index (χ4n) is 5.51. The second kappa shape index (κ2) is 9.90. The number of benzene rings is 5. The van der Waals surface area contributed by atoms with Gasteiger partial charge in [-0.1, -0.05) is 66.7 Å². The Kier molecular flexibility index (Phi) is 5.94. The molecule has 7 rings (SSSR count). The fraction of sp³-hybridized carbons (Fsp3) is 0.0833. The Balaban J connectivity index is 1.36. The highest BCUT2D eigenvalue weighted by molar-refractivity contribution is 5.94. The van der Waals surface area contributed by atoms with E-state index < -0.39 is 0 Å². The molecule has 0 amide bonds. The molecule has 4 heteroatoms. The number of pyridine rings is 1. The third-order valence-corrected chi connectivity index (χ3v) is 7.66. The maximum atomic E-state index is 5.43. The van der Waals surface area contributed by atoms with Gasteiger partial charge >= 0.3 is 0 Å². The maximum absolute atomic E-state index is 5.43. The van der Waals surface area contributed by atoms with Crippen LogP contribution < -0.4 is 9.47 Å². The SMILES string of the molecule is COc1ccc2cc(-c3cc4cc(-c5ccc6cc(OC)ccc6c5)n(Cc5ccccc5)c4cn3)ccc2c1. The van der Waals surface area contributed by atoms with Crippen LogP contribution in [0.4, 0.5) is 0 Å². The van der Waals surface area contributed by atoms with E-state index in [0.29, 0.717) is 0 Å². The minimum Gasteiger partial charge on any atom is -0.497 e. The summed E-state index contributed by atoms with van der Waals surface area (Å²) < 4.78 is 13.2. The first kappa shape index (κ1) is 24.0. The lowest BCUT2D eigenvalue weighted by Crippen LogP contribution is -2.02. The van der Waals surface area contributed by atoms with Crippen LogP contribution in [-0.2, 0) is 6.54 Å². The van der Waals surface area contributed by atoms with Gasteiger partial charge in [0.2, 0.25) is 0 Å². The molecule has 40 heavy (non-hydrogen) atoms. The van der Waals surface area contributed by atoms with Crippen molar-refractivity contribution in [2.24, 2.45) is 0 Å². The van der Waals surface area contributed by atoms with Crippen LogP contribution in [0.15, 0.2) is 121 Å². The van der Waals surface area contributed by atoms with E-state index >= 15 is 0 Å². The molecule has 2 heterocycles. The van der Waals surface area contributed by atoms with Crippen molar-refractivity contribution in [1.29, 1.82) is 0 Å². The van der Waals surface area contributed by atoms with Crippen molar-refractivity contribution in [3.63, 3.8) is 0 Å². The normalized spacial score (nSPS) is 11.3. The molecule has 0 radical (unpaired) electrons. The van der Waals surface area contributed by atoms with Gasteiger partial charge in [-0.15, -0.1) is 0 Å². The van der Waals surface area contributed by atoms with Crippen LogP contribution in [0, 0.1) is 0 Å². The monoisotopic (exact) mass is 520 g/mol. The minimum absolute atomic E-state index is 0.763. The van der Waals surface area contributed by atoms with Crippen LogP contribution in [0.1, 0.15) is 5.56 Å². The van der Waals surface area contributed by atoms with Gasteiger partial charge in [0.05, 0.1) is 31.6 Å². The van der Waals surface area contributed by atoms with Crippen LogP contribution in [0.25, 0.3) is 55.0 Å². The second-order valence-corrected chi connectivity index (χ2v) is 10.1. The second-order valence-electron chi connectivity index (χ2n) is 10.1. The van der Waals surface area contributed by atoms with Crippen LogP contribution in [-0.4, -0.2) is 23.8 Å². The van der Waals surface area contributed by atoms with Crippen molar-refractivity contribution in [2.45, 2.75) is 6.54 Å². The van der Waals surface area contributed by atoms with Crippen molar-refractivity contribution >= 4 is 32.4 Å². The molecule has 0 unspecified atom stereocenters. The molecule has 4 nitrogen and oxygen atoms in total. The van der Waals surface area contributed by atoms with Gasteiger partial charge < -0.3 is 14.0 Å². The van der Waals surface area contributed by atoms with Crippen LogP contribution in [0.3, 0.4) is 0 Å². The molecule has 0 N–H and O–H groups in total. The van der Waals surface area contributed by atoms with Gasteiger partial charge in [0.1, 0.15) is 11.5 Å². The van der Waals surface area contributed by atoms with Crippen LogP contribution in [0.2, 0.25) is 0 Å². The molecule has 0 bridgehead atoms. The molecule has 7 aromatic rings. The lowest BCUT2D eigenvalue weighted by Gasteiger charge is -2.12. The molecule has 0 spiro atoms. The van der Waals surface area contributed by atoms with Crippen molar-refractivity contribution < 1.29 is 9.47 Å². The molecule has 0 aliphatic rings. The smallest absolute Gasteiger partial charge is 0.119 e. The Labute approximate surface area is 233 Å². The molecule has 0 aliphatic carbocycles. The van der Waals surface area contributed by atoms with E-state index in [1.165, 1.54) is 27.6 Å². The van der Waals surface area contributed by atoms with E-state index in [4.69, 9.17) is 14.5 Å². The summed E-state index contributed by atoms with van der Waals surface area (Å²) in [4.78, 5) is 4.94. The molecule has 5 aromatic carbocycles. The van der Waals surface area contributed by atoms with Crippen LogP contribution in [0.5, 0.6) is 11.5 Å². The topological polar surface area (TPSA) is 36.3 Å². The molecule has 2 aromatic heterocycles. The van der Waals surface area contributed by atoms with Crippen molar-refractivity contribution in [3.05, 3.63) is 127 Å². The lowest BCUT2D eigenvalue weighted by atomic mass is 10.0. The average Bonchev–Trinajstić information content (AvgIpc) is 3.37. The van der Waals surface area contributed by atoms with E-state index in [0.717, 1.165) is 51.0 Å². The Morgan fingerprint density at radius 2 is 1.18 bits per heavy atom. The Morgan fingerprint density at radius 1 is 0.575 bits per heavy atom. The van der Waals surface area contributed by atoms with E-state index in [-0.39, 0.29) is 0 Å². The highest BCUT2D eigenvalue weighted by Crippen LogP contribution is 2.34. The predicted octanol–water partition coefficient (Wildman–Crippen LogP) is 8.74. The van der Waals surface area contributed by atoms with E-state index in [1.807, 2.05) is 18.3 Å². The maximum Gasteiger partial charge on any atom is 0.119 e. The number of methoxy groups -OCH3 is 2. The summed E-state index contributed by atoms with van der Waals surface area (Å²) in [5.74, 6) is 1.73. The Hall–Kier alpha value is -5.09. The zero-order valence-electron chi connectivity index (χ0n) is 22.5. The molecule has 0 saturated heterocycles. The van der Waals surface area contributed by atoms with Crippen molar-refractivity contribution in [2.75, 3.05) is 14.2 Å². The summed E-state index contributed by atoms with van der Waals surface area (Å²) in [6.45, 7) is 0.763. The van der Waals surface area contributed by atoms with Gasteiger partial charge in [-0.25, -0.2) is 0 Å². The quantitative estimate of drug-likeness (QED) is 0.220. The van der Waals surface area contributed by atoms with Gasteiger partial charge in [-0.3, -0.25) is 4.98 Å². The summed E-state index contributed by atoms with van der Waals surface area (Å²) in [7, 11) is 3.40. The number of rotatable bonds is 6. The largest absolute Gasteiger partial charge is 0.497 e. The van der Waals surface area contributed by atoms with Crippen LogP contribution >= 0.6 is 0 Å². The number of fused-ring (bicyclic) bond motifs is 3. The zero-order valence-corrected chi connectivity index (χ0v) is 22.5. The van der Waals surface area contributed by atoms with E-state index in [2.05, 4.69) is 108 Å². The number of aromatic nitrogens is 2. The number of ether oxygens (including phenoxy) is 2. The molecule has 0 saturated carbocycles. The van der Waals surface area contributed by atoms with Crippen molar-refractivity contribution in [3.8, 4) is 34.0 Å². The first-order valence-electron chi connectivity index (χ1n) is 13.4. The summed E-state index contributed by atoms with van der Waals surface area (Å²) in [6.07, 6.45) is 2.02. The Bertz CT molecular complexity index is 2010. The molecule has 0 atom stereocenters. The predicted molar refractivity (Wildman–Crippen MR) is 164 cm³/mol. The molecule has 0 fully saturated rings. The molecule has 0 aliphatic heterocycles. The van der Waals surface area contributed by atoms with E-state index in [9.17, 15) is 0 Å². The van der Waals surface area contributed by atoms with Gasteiger partial charge in [0.15, 0.2) is 0 Å². The first-order valence-corrected chi connectivity index (χ1v) is 13.4. The third kappa shape index (κ3) is 4.34. The summed E-state index contributed by atoms with van der Waals surface area (Å²) in [5, 5.41) is 5.82. The van der Waals surface area contributed by atoms with Gasteiger partial charge in [-0.05, 0) is 81.2 Å².